The number of hydrogen-bond acceptors (Lipinski definition) is 3. The molecule has 0 aromatic heterocycles. The third-order valence-electron chi connectivity index (χ3n) is 4.24. The fraction of sp³-hybridized carbons (Fsp3) is 0.769. The van der Waals surface area contributed by atoms with Crippen LogP contribution in [0.3, 0.4) is 0 Å². The van der Waals surface area contributed by atoms with Gasteiger partial charge in [0, 0.05) is 17.4 Å². The van der Waals surface area contributed by atoms with E-state index in [9.17, 15) is 23.1 Å². The van der Waals surface area contributed by atoms with Crippen molar-refractivity contribution in [1.29, 1.82) is 0 Å². The topological polar surface area (TPSA) is 46.5 Å². The molecule has 0 aromatic rings. The van der Waals surface area contributed by atoms with Crippen molar-refractivity contribution in [2.75, 3.05) is 6.61 Å². The van der Waals surface area contributed by atoms with Gasteiger partial charge in [0.1, 0.15) is 0 Å². The van der Waals surface area contributed by atoms with Crippen LogP contribution in [0, 0.1) is 17.8 Å². The summed E-state index contributed by atoms with van der Waals surface area (Å²) in [6.07, 6.45) is 0.447. The first-order valence-corrected chi connectivity index (χ1v) is 6.29. The van der Waals surface area contributed by atoms with Gasteiger partial charge in [0.25, 0.3) is 5.85 Å². The fourth-order valence-electron chi connectivity index (χ4n) is 3.16. The van der Waals surface area contributed by atoms with Gasteiger partial charge in [-0.05, 0) is 32.1 Å². The van der Waals surface area contributed by atoms with E-state index in [1.807, 2.05) is 0 Å². The summed E-state index contributed by atoms with van der Waals surface area (Å²) in [4.78, 5) is 11.1. The standard InChI is InChI=1S/C13H17F3O3/c1-7(2)11(17)19-4-3-8-5-9-6-10(8)12(14,15)13(9,16)18/h8-10,18H,1,3-6H2,2H3. The van der Waals surface area contributed by atoms with Crippen LogP contribution in [-0.4, -0.2) is 29.5 Å². The van der Waals surface area contributed by atoms with Gasteiger partial charge in [-0.25, -0.2) is 9.18 Å². The Balaban J connectivity index is 1.89. The Hall–Kier alpha value is -1.04. The molecule has 0 heterocycles. The maximum absolute atomic E-state index is 13.6. The van der Waals surface area contributed by atoms with Crippen LogP contribution in [0.5, 0.6) is 0 Å². The predicted octanol–water partition coefficient (Wildman–Crippen LogP) is 2.45. The number of carbonyl (C=O) groups is 1. The molecule has 4 unspecified atom stereocenters. The second kappa shape index (κ2) is 4.51. The van der Waals surface area contributed by atoms with Gasteiger partial charge in [0.05, 0.1) is 6.61 Å². The number of hydrogen-bond donors (Lipinski definition) is 1. The summed E-state index contributed by atoms with van der Waals surface area (Å²) < 4.78 is 45.6. The maximum atomic E-state index is 13.6. The second-order valence-electron chi connectivity index (χ2n) is 5.54. The van der Waals surface area contributed by atoms with E-state index < -0.39 is 35.5 Å². The number of carbonyl (C=O) groups excluding carboxylic acids is 1. The largest absolute Gasteiger partial charge is 0.462 e. The SMILES string of the molecule is C=C(C)C(=O)OCCC1CC2CC1C(F)(F)C2(O)F. The van der Waals surface area contributed by atoms with E-state index in [1.54, 1.807) is 0 Å². The first kappa shape index (κ1) is 14.4. The zero-order valence-corrected chi connectivity index (χ0v) is 10.7. The number of fused-ring (bicyclic) bond motifs is 2. The molecule has 2 aliphatic rings. The van der Waals surface area contributed by atoms with Gasteiger partial charge in [-0.2, -0.15) is 8.78 Å². The summed E-state index contributed by atoms with van der Waals surface area (Å²) in [6.45, 7) is 4.92. The molecule has 0 aliphatic heterocycles. The minimum absolute atomic E-state index is 0.0143. The minimum Gasteiger partial charge on any atom is -0.462 e. The van der Waals surface area contributed by atoms with E-state index in [1.165, 1.54) is 6.92 Å². The Kier molecular flexibility index (Phi) is 3.41. The number of aliphatic hydroxyl groups is 1. The molecule has 0 amide bonds. The van der Waals surface area contributed by atoms with Gasteiger partial charge in [-0.3, -0.25) is 0 Å². The number of esters is 1. The zero-order chi connectivity index (χ0) is 14.4. The maximum Gasteiger partial charge on any atom is 0.333 e. The van der Waals surface area contributed by atoms with Gasteiger partial charge in [-0.15, -0.1) is 0 Å². The highest BCUT2D eigenvalue weighted by Crippen LogP contribution is 2.63. The normalized spacial score (nSPS) is 39.3. The highest BCUT2D eigenvalue weighted by molar-refractivity contribution is 5.86. The number of ether oxygens (including phenoxy) is 1. The summed E-state index contributed by atoms with van der Waals surface area (Å²) in [7, 11) is 0. The molecule has 2 aliphatic carbocycles. The minimum atomic E-state index is -3.71. The lowest BCUT2D eigenvalue weighted by atomic mass is 9.81. The lowest BCUT2D eigenvalue weighted by molar-refractivity contribution is -0.284. The molecule has 2 fully saturated rings. The van der Waals surface area contributed by atoms with E-state index in [4.69, 9.17) is 4.74 Å². The lowest BCUT2D eigenvalue weighted by Crippen LogP contribution is -2.51. The van der Waals surface area contributed by atoms with E-state index in [0.29, 0.717) is 0 Å². The van der Waals surface area contributed by atoms with Crippen molar-refractivity contribution in [3.8, 4) is 0 Å². The molecule has 4 atom stereocenters. The van der Waals surface area contributed by atoms with Crippen LogP contribution in [0.25, 0.3) is 0 Å². The van der Waals surface area contributed by atoms with Crippen LogP contribution in [0.15, 0.2) is 12.2 Å². The van der Waals surface area contributed by atoms with E-state index in [0.717, 1.165) is 0 Å². The fourth-order valence-corrected chi connectivity index (χ4v) is 3.16. The van der Waals surface area contributed by atoms with Gasteiger partial charge < -0.3 is 9.84 Å². The molecular weight excluding hydrogens is 261 g/mol. The Bertz CT molecular complexity index is 406. The van der Waals surface area contributed by atoms with Crippen LogP contribution >= 0.6 is 0 Å². The van der Waals surface area contributed by atoms with Crippen molar-refractivity contribution in [3.63, 3.8) is 0 Å². The third-order valence-corrected chi connectivity index (χ3v) is 4.24. The average Bonchev–Trinajstić information content (AvgIpc) is 2.78. The molecular formula is C13H17F3O3. The molecule has 2 saturated carbocycles. The Labute approximate surface area is 109 Å². The monoisotopic (exact) mass is 278 g/mol. The summed E-state index contributed by atoms with van der Waals surface area (Å²) in [5, 5.41) is 9.20. The highest BCUT2D eigenvalue weighted by Gasteiger charge is 2.73. The second-order valence-corrected chi connectivity index (χ2v) is 5.54. The predicted molar refractivity (Wildman–Crippen MR) is 61.1 cm³/mol. The first-order valence-electron chi connectivity index (χ1n) is 6.29. The lowest BCUT2D eigenvalue weighted by Gasteiger charge is -2.36. The molecule has 2 bridgehead atoms. The van der Waals surface area contributed by atoms with E-state index >= 15 is 0 Å². The molecule has 0 saturated heterocycles. The molecule has 1 N–H and O–H groups in total. The van der Waals surface area contributed by atoms with Crippen LogP contribution in [-0.2, 0) is 9.53 Å². The number of rotatable bonds is 4. The molecule has 108 valence electrons. The smallest absolute Gasteiger partial charge is 0.333 e. The van der Waals surface area contributed by atoms with Crippen LogP contribution in [0.1, 0.15) is 26.2 Å². The van der Waals surface area contributed by atoms with Crippen LogP contribution < -0.4 is 0 Å². The molecule has 6 heteroatoms. The molecule has 19 heavy (non-hydrogen) atoms. The van der Waals surface area contributed by atoms with Gasteiger partial charge >= 0.3 is 11.9 Å². The van der Waals surface area contributed by atoms with Crippen molar-refractivity contribution in [2.24, 2.45) is 17.8 Å². The van der Waals surface area contributed by atoms with E-state index in [2.05, 4.69) is 6.58 Å². The molecule has 0 aromatic carbocycles. The average molecular weight is 278 g/mol. The third kappa shape index (κ3) is 2.16. The molecule has 0 radical (unpaired) electrons. The first-order chi connectivity index (χ1) is 8.68. The Morgan fingerprint density at radius 3 is 2.53 bits per heavy atom. The van der Waals surface area contributed by atoms with Crippen molar-refractivity contribution in [1.82, 2.24) is 0 Å². The highest BCUT2D eigenvalue weighted by atomic mass is 19.3. The Morgan fingerprint density at radius 1 is 1.42 bits per heavy atom. The number of alkyl halides is 3. The quantitative estimate of drug-likeness (QED) is 0.634. The van der Waals surface area contributed by atoms with Gasteiger partial charge in [0.15, 0.2) is 0 Å². The summed E-state index contributed by atoms with van der Waals surface area (Å²) in [6, 6.07) is 0. The summed E-state index contributed by atoms with van der Waals surface area (Å²) >= 11 is 0. The molecule has 0 spiro atoms. The van der Waals surface area contributed by atoms with Crippen molar-refractivity contribution in [3.05, 3.63) is 12.2 Å². The van der Waals surface area contributed by atoms with Crippen molar-refractivity contribution < 1.29 is 27.8 Å². The van der Waals surface area contributed by atoms with Crippen molar-refractivity contribution in [2.45, 2.75) is 38.0 Å². The summed E-state index contributed by atoms with van der Waals surface area (Å²) in [5.74, 6) is -10.3. The van der Waals surface area contributed by atoms with Gasteiger partial charge in [-0.1, -0.05) is 6.58 Å². The zero-order valence-electron chi connectivity index (χ0n) is 10.7. The van der Waals surface area contributed by atoms with Crippen LogP contribution in [0.4, 0.5) is 13.2 Å². The van der Waals surface area contributed by atoms with Crippen LogP contribution in [0.2, 0.25) is 0 Å². The van der Waals surface area contributed by atoms with Crippen molar-refractivity contribution >= 4 is 5.97 Å². The number of halogens is 3. The van der Waals surface area contributed by atoms with Gasteiger partial charge in [0.2, 0.25) is 0 Å². The molecule has 2 rings (SSSR count). The van der Waals surface area contributed by atoms with E-state index in [-0.39, 0.29) is 31.4 Å². The summed E-state index contributed by atoms with van der Waals surface area (Å²) in [5.41, 5.74) is 0.247. The molecule has 3 nitrogen and oxygen atoms in total. The Morgan fingerprint density at radius 2 is 2.05 bits per heavy atom.